The van der Waals surface area contributed by atoms with Crippen LogP contribution in [0.25, 0.3) is 0 Å². The molecule has 0 amide bonds. The average Bonchev–Trinajstić information content (AvgIpc) is 2.46. The molecule has 2 heteroatoms. The third-order valence-electron chi connectivity index (χ3n) is 4.50. The molecule has 0 atom stereocenters. The molecule has 2 nitrogen and oxygen atoms in total. The predicted octanol–water partition coefficient (Wildman–Crippen LogP) is 3.42. The van der Waals surface area contributed by atoms with Crippen molar-refractivity contribution in [2.24, 2.45) is 5.92 Å². The van der Waals surface area contributed by atoms with E-state index in [-0.39, 0.29) is 0 Å². The quantitative estimate of drug-likeness (QED) is 0.800. The molecule has 1 saturated heterocycles. The molecule has 0 saturated carbocycles. The van der Waals surface area contributed by atoms with Crippen molar-refractivity contribution in [2.45, 2.75) is 33.1 Å². The maximum Gasteiger partial charge on any atom is 0.0399 e. The molecule has 19 heavy (non-hydrogen) atoms. The minimum atomic E-state index is 0.827. The number of anilines is 1. The second kappa shape index (κ2) is 6.95. The number of likely N-dealkylation sites (N-methyl/N-ethyl adjacent to an activating group) is 1. The zero-order valence-corrected chi connectivity index (χ0v) is 12.7. The second-order valence-corrected chi connectivity index (χ2v) is 5.81. The van der Waals surface area contributed by atoms with Crippen molar-refractivity contribution in [3.05, 3.63) is 29.8 Å². The van der Waals surface area contributed by atoms with Crippen molar-refractivity contribution >= 4 is 5.69 Å². The number of rotatable bonds is 5. The zero-order valence-electron chi connectivity index (χ0n) is 12.7. The van der Waals surface area contributed by atoms with E-state index in [2.05, 4.69) is 55.0 Å². The molecule has 0 aromatic heterocycles. The summed E-state index contributed by atoms with van der Waals surface area (Å²) in [6.45, 7) is 9.31. The predicted molar refractivity (Wildman–Crippen MR) is 83.9 cm³/mol. The van der Waals surface area contributed by atoms with Crippen LogP contribution in [0.5, 0.6) is 0 Å². The summed E-state index contributed by atoms with van der Waals surface area (Å²) in [4.78, 5) is 4.98. The molecule has 0 bridgehead atoms. The van der Waals surface area contributed by atoms with Gasteiger partial charge in [-0.2, -0.15) is 0 Å². The first kappa shape index (κ1) is 14.4. The Bertz CT molecular complexity index is 377. The molecule has 0 aliphatic carbocycles. The zero-order chi connectivity index (χ0) is 13.7. The molecular formula is C17H28N2. The van der Waals surface area contributed by atoms with Crippen LogP contribution in [0, 0.1) is 5.92 Å². The summed E-state index contributed by atoms with van der Waals surface area (Å²) in [6.07, 6.45) is 3.80. The lowest BCUT2D eigenvalue weighted by Gasteiger charge is -2.35. The number of nitrogens with zero attached hydrogens (tertiary/aromatic N) is 2. The molecule has 1 aromatic carbocycles. The van der Waals surface area contributed by atoms with Crippen LogP contribution in [0.15, 0.2) is 24.3 Å². The standard InChI is InChI=1S/C17H28N2/c1-4-15(5-2)14-16-8-6-7-9-17(16)19-12-10-18(3)11-13-19/h6-9,15H,4-5,10-14H2,1-3H3. The van der Waals surface area contributed by atoms with E-state index in [0.29, 0.717) is 0 Å². The number of benzene rings is 1. The van der Waals surface area contributed by atoms with E-state index in [1.54, 1.807) is 5.56 Å². The van der Waals surface area contributed by atoms with Gasteiger partial charge in [-0.05, 0) is 31.0 Å². The Morgan fingerprint density at radius 3 is 2.26 bits per heavy atom. The normalized spacial score (nSPS) is 17.2. The summed E-state index contributed by atoms with van der Waals surface area (Å²) >= 11 is 0. The molecule has 106 valence electrons. The van der Waals surface area contributed by atoms with Crippen LogP contribution in [0.2, 0.25) is 0 Å². The summed E-state index contributed by atoms with van der Waals surface area (Å²) in [5, 5.41) is 0. The van der Waals surface area contributed by atoms with Gasteiger partial charge in [0, 0.05) is 31.9 Å². The highest BCUT2D eigenvalue weighted by Gasteiger charge is 2.17. The van der Waals surface area contributed by atoms with Gasteiger partial charge in [0.25, 0.3) is 0 Å². The summed E-state index contributed by atoms with van der Waals surface area (Å²) < 4.78 is 0. The van der Waals surface area contributed by atoms with Gasteiger partial charge in [-0.3, -0.25) is 0 Å². The minimum absolute atomic E-state index is 0.827. The van der Waals surface area contributed by atoms with Crippen molar-refractivity contribution in [2.75, 3.05) is 38.1 Å². The third-order valence-corrected chi connectivity index (χ3v) is 4.50. The van der Waals surface area contributed by atoms with Gasteiger partial charge in [0.1, 0.15) is 0 Å². The fourth-order valence-electron chi connectivity index (χ4n) is 2.93. The Labute approximate surface area is 118 Å². The molecule has 2 rings (SSSR count). The first-order chi connectivity index (χ1) is 9.24. The van der Waals surface area contributed by atoms with E-state index in [1.807, 2.05) is 0 Å². The summed E-state index contributed by atoms with van der Waals surface area (Å²) in [7, 11) is 2.22. The van der Waals surface area contributed by atoms with Gasteiger partial charge in [-0.1, -0.05) is 44.9 Å². The Morgan fingerprint density at radius 2 is 1.63 bits per heavy atom. The van der Waals surface area contributed by atoms with Gasteiger partial charge < -0.3 is 9.80 Å². The van der Waals surface area contributed by atoms with Gasteiger partial charge in [-0.15, -0.1) is 0 Å². The lowest BCUT2D eigenvalue weighted by atomic mass is 9.93. The first-order valence-electron chi connectivity index (χ1n) is 7.76. The van der Waals surface area contributed by atoms with Crippen LogP contribution in [-0.4, -0.2) is 38.1 Å². The van der Waals surface area contributed by atoms with Crippen LogP contribution in [-0.2, 0) is 6.42 Å². The van der Waals surface area contributed by atoms with Gasteiger partial charge in [0.15, 0.2) is 0 Å². The highest BCUT2D eigenvalue weighted by Crippen LogP contribution is 2.26. The second-order valence-electron chi connectivity index (χ2n) is 5.81. The Balaban J connectivity index is 2.11. The molecule has 1 aromatic rings. The molecule has 0 spiro atoms. The van der Waals surface area contributed by atoms with E-state index in [4.69, 9.17) is 0 Å². The van der Waals surface area contributed by atoms with Crippen LogP contribution >= 0.6 is 0 Å². The van der Waals surface area contributed by atoms with E-state index < -0.39 is 0 Å². The fraction of sp³-hybridized carbons (Fsp3) is 0.647. The highest BCUT2D eigenvalue weighted by atomic mass is 15.2. The third kappa shape index (κ3) is 3.73. The highest BCUT2D eigenvalue weighted by molar-refractivity contribution is 5.54. The van der Waals surface area contributed by atoms with Crippen molar-refractivity contribution in [1.29, 1.82) is 0 Å². The van der Waals surface area contributed by atoms with Gasteiger partial charge >= 0.3 is 0 Å². The number of hydrogen-bond donors (Lipinski definition) is 0. The monoisotopic (exact) mass is 260 g/mol. The largest absolute Gasteiger partial charge is 0.369 e. The van der Waals surface area contributed by atoms with Crippen LogP contribution in [0.3, 0.4) is 0 Å². The summed E-state index contributed by atoms with van der Waals surface area (Å²) in [6, 6.07) is 9.01. The van der Waals surface area contributed by atoms with Gasteiger partial charge in [-0.25, -0.2) is 0 Å². The molecule has 0 radical (unpaired) electrons. The van der Waals surface area contributed by atoms with Crippen molar-refractivity contribution in [3.8, 4) is 0 Å². The molecule has 1 heterocycles. The van der Waals surface area contributed by atoms with Gasteiger partial charge in [0.2, 0.25) is 0 Å². The van der Waals surface area contributed by atoms with E-state index in [9.17, 15) is 0 Å². The molecule has 1 aliphatic heterocycles. The number of para-hydroxylation sites is 1. The topological polar surface area (TPSA) is 6.48 Å². The van der Waals surface area contributed by atoms with Crippen LogP contribution in [0.1, 0.15) is 32.3 Å². The number of piperazine rings is 1. The van der Waals surface area contributed by atoms with E-state index in [0.717, 1.165) is 19.0 Å². The summed E-state index contributed by atoms with van der Waals surface area (Å²) in [5.74, 6) is 0.827. The Kier molecular flexibility index (Phi) is 5.26. The van der Waals surface area contributed by atoms with Gasteiger partial charge in [0.05, 0.1) is 0 Å². The maximum absolute atomic E-state index is 2.57. The number of hydrogen-bond acceptors (Lipinski definition) is 2. The van der Waals surface area contributed by atoms with Crippen molar-refractivity contribution in [1.82, 2.24) is 4.90 Å². The lowest BCUT2D eigenvalue weighted by Crippen LogP contribution is -2.44. The molecule has 0 unspecified atom stereocenters. The molecule has 1 fully saturated rings. The molecule has 0 N–H and O–H groups in total. The fourth-order valence-corrected chi connectivity index (χ4v) is 2.93. The Morgan fingerprint density at radius 1 is 1.00 bits per heavy atom. The lowest BCUT2D eigenvalue weighted by molar-refractivity contribution is 0.312. The smallest absolute Gasteiger partial charge is 0.0399 e. The molecule has 1 aliphatic rings. The van der Waals surface area contributed by atoms with E-state index in [1.165, 1.54) is 38.0 Å². The van der Waals surface area contributed by atoms with Crippen molar-refractivity contribution in [3.63, 3.8) is 0 Å². The Hall–Kier alpha value is -1.02. The van der Waals surface area contributed by atoms with Crippen LogP contribution < -0.4 is 4.90 Å². The molecular weight excluding hydrogens is 232 g/mol. The minimum Gasteiger partial charge on any atom is -0.369 e. The van der Waals surface area contributed by atoms with Crippen molar-refractivity contribution < 1.29 is 0 Å². The van der Waals surface area contributed by atoms with E-state index >= 15 is 0 Å². The maximum atomic E-state index is 2.57. The first-order valence-corrected chi connectivity index (χ1v) is 7.76. The van der Waals surface area contributed by atoms with Crippen LogP contribution in [0.4, 0.5) is 5.69 Å². The summed E-state index contributed by atoms with van der Waals surface area (Å²) in [5.41, 5.74) is 3.02. The SMILES string of the molecule is CCC(CC)Cc1ccccc1N1CCN(C)CC1. The average molecular weight is 260 g/mol.